The summed E-state index contributed by atoms with van der Waals surface area (Å²) in [6.07, 6.45) is 0.141. The Balaban J connectivity index is 0.000000980. The van der Waals surface area contributed by atoms with Gasteiger partial charge in [0.15, 0.2) is 0 Å². The molecule has 4 heteroatoms. The Kier molecular flexibility index (Phi) is 4.20. The maximum Gasteiger partial charge on any atom is 0.0949 e. The summed E-state index contributed by atoms with van der Waals surface area (Å²) in [4.78, 5) is 0. The molecule has 2 nitrogen and oxygen atoms in total. The molecular formula is C10H13Cl2NO. The number of methoxy groups -OCH3 is 1. The largest absolute Gasteiger partial charge is 0.375 e. The van der Waals surface area contributed by atoms with Crippen molar-refractivity contribution in [3.05, 3.63) is 34.3 Å². The highest BCUT2D eigenvalue weighted by molar-refractivity contribution is 6.30. The highest BCUT2D eigenvalue weighted by Gasteiger charge is 2.18. The molecule has 1 aliphatic rings. The van der Waals surface area contributed by atoms with E-state index in [1.165, 1.54) is 11.1 Å². The van der Waals surface area contributed by atoms with Gasteiger partial charge in [-0.15, -0.1) is 12.4 Å². The van der Waals surface area contributed by atoms with Crippen molar-refractivity contribution in [1.29, 1.82) is 0 Å². The van der Waals surface area contributed by atoms with Gasteiger partial charge >= 0.3 is 0 Å². The minimum Gasteiger partial charge on any atom is -0.375 e. The van der Waals surface area contributed by atoms with Crippen LogP contribution in [0.25, 0.3) is 0 Å². The Bertz CT molecular complexity index is 317. The molecule has 0 radical (unpaired) electrons. The first-order valence-corrected chi connectivity index (χ1v) is 4.71. The van der Waals surface area contributed by atoms with E-state index in [4.69, 9.17) is 16.3 Å². The lowest BCUT2D eigenvalue weighted by molar-refractivity contribution is 0.0955. The molecule has 0 aliphatic carbocycles. The molecule has 1 aromatic rings. The van der Waals surface area contributed by atoms with Crippen molar-refractivity contribution >= 4 is 24.0 Å². The number of hydrogen-bond acceptors (Lipinski definition) is 2. The first kappa shape index (κ1) is 11.8. The molecule has 14 heavy (non-hydrogen) atoms. The van der Waals surface area contributed by atoms with Gasteiger partial charge in [0.05, 0.1) is 6.10 Å². The number of ether oxygens (including phenoxy) is 1. The van der Waals surface area contributed by atoms with Crippen LogP contribution in [-0.2, 0) is 11.3 Å². The summed E-state index contributed by atoms with van der Waals surface area (Å²) in [5.41, 5.74) is 2.50. The summed E-state index contributed by atoms with van der Waals surface area (Å²) in [5, 5.41) is 4.07. The minimum atomic E-state index is 0. The van der Waals surface area contributed by atoms with E-state index in [-0.39, 0.29) is 18.5 Å². The maximum atomic E-state index is 5.92. The normalized spacial score (nSPS) is 19.7. The monoisotopic (exact) mass is 233 g/mol. The van der Waals surface area contributed by atoms with E-state index in [1.54, 1.807) is 7.11 Å². The molecule has 0 spiro atoms. The van der Waals surface area contributed by atoms with Gasteiger partial charge in [-0.25, -0.2) is 0 Å². The van der Waals surface area contributed by atoms with Gasteiger partial charge in [0.2, 0.25) is 0 Å². The zero-order valence-corrected chi connectivity index (χ0v) is 9.49. The Morgan fingerprint density at radius 2 is 2.29 bits per heavy atom. The Morgan fingerprint density at radius 3 is 3.00 bits per heavy atom. The van der Waals surface area contributed by atoms with Crippen molar-refractivity contribution in [1.82, 2.24) is 5.32 Å². The highest BCUT2D eigenvalue weighted by atomic mass is 35.5. The molecule has 78 valence electrons. The minimum absolute atomic E-state index is 0. The van der Waals surface area contributed by atoms with Crippen molar-refractivity contribution in [2.45, 2.75) is 12.6 Å². The van der Waals surface area contributed by atoms with Gasteiger partial charge in [0.1, 0.15) is 0 Å². The molecule has 1 atom stereocenters. The van der Waals surface area contributed by atoms with Gasteiger partial charge in [0, 0.05) is 25.2 Å². The Hall–Kier alpha value is -0.280. The summed E-state index contributed by atoms with van der Waals surface area (Å²) >= 11 is 5.92. The number of rotatable bonds is 1. The number of benzene rings is 1. The lowest BCUT2D eigenvalue weighted by Crippen LogP contribution is -2.28. The average molecular weight is 234 g/mol. The first-order valence-electron chi connectivity index (χ1n) is 4.33. The smallest absolute Gasteiger partial charge is 0.0949 e. The van der Waals surface area contributed by atoms with Crippen molar-refractivity contribution < 1.29 is 4.74 Å². The quantitative estimate of drug-likeness (QED) is 0.806. The molecular weight excluding hydrogens is 221 g/mol. The molecule has 1 aromatic carbocycles. The molecule has 0 aromatic heterocycles. The van der Waals surface area contributed by atoms with E-state index in [2.05, 4.69) is 11.4 Å². The van der Waals surface area contributed by atoms with Crippen LogP contribution in [0.5, 0.6) is 0 Å². The van der Waals surface area contributed by atoms with Gasteiger partial charge in [-0.3, -0.25) is 0 Å². The van der Waals surface area contributed by atoms with Crippen LogP contribution < -0.4 is 5.32 Å². The summed E-state index contributed by atoms with van der Waals surface area (Å²) in [5.74, 6) is 0. The van der Waals surface area contributed by atoms with E-state index in [9.17, 15) is 0 Å². The van der Waals surface area contributed by atoms with Crippen LogP contribution in [0.15, 0.2) is 18.2 Å². The molecule has 0 saturated heterocycles. The van der Waals surface area contributed by atoms with Gasteiger partial charge in [-0.1, -0.05) is 17.7 Å². The molecule has 1 aliphatic heterocycles. The first-order chi connectivity index (χ1) is 6.31. The van der Waals surface area contributed by atoms with Crippen LogP contribution in [0, 0.1) is 0 Å². The van der Waals surface area contributed by atoms with Crippen molar-refractivity contribution in [3.63, 3.8) is 0 Å². The lowest BCUT2D eigenvalue weighted by atomic mass is 9.99. The summed E-state index contributed by atoms with van der Waals surface area (Å²) in [6.45, 7) is 1.77. The Morgan fingerprint density at radius 1 is 1.50 bits per heavy atom. The SMILES string of the molecule is COC1CNCc2ccc(Cl)cc21.Cl. The molecule has 0 amide bonds. The summed E-state index contributed by atoms with van der Waals surface area (Å²) < 4.78 is 5.35. The second kappa shape index (κ2) is 4.99. The molecule has 2 rings (SSSR count). The van der Waals surface area contributed by atoms with E-state index >= 15 is 0 Å². The highest BCUT2D eigenvalue weighted by Crippen LogP contribution is 2.26. The van der Waals surface area contributed by atoms with Crippen LogP contribution in [0.1, 0.15) is 17.2 Å². The van der Waals surface area contributed by atoms with Crippen LogP contribution in [0.2, 0.25) is 5.02 Å². The molecule has 1 heterocycles. The van der Waals surface area contributed by atoms with Crippen molar-refractivity contribution in [2.24, 2.45) is 0 Å². The average Bonchev–Trinajstić information content (AvgIpc) is 2.17. The number of fused-ring (bicyclic) bond motifs is 1. The fourth-order valence-corrected chi connectivity index (χ4v) is 1.87. The fourth-order valence-electron chi connectivity index (χ4n) is 1.68. The van der Waals surface area contributed by atoms with Gasteiger partial charge < -0.3 is 10.1 Å². The zero-order chi connectivity index (χ0) is 9.26. The van der Waals surface area contributed by atoms with Gasteiger partial charge in [0.25, 0.3) is 0 Å². The second-order valence-electron chi connectivity index (χ2n) is 3.20. The van der Waals surface area contributed by atoms with Crippen LogP contribution in [0.3, 0.4) is 0 Å². The van der Waals surface area contributed by atoms with E-state index in [0.717, 1.165) is 18.1 Å². The van der Waals surface area contributed by atoms with Gasteiger partial charge in [-0.05, 0) is 23.3 Å². The predicted molar refractivity (Wildman–Crippen MR) is 60.2 cm³/mol. The van der Waals surface area contributed by atoms with E-state index < -0.39 is 0 Å². The Labute approximate surface area is 95.0 Å². The van der Waals surface area contributed by atoms with Crippen LogP contribution in [-0.4, -0.2) is 13.7 Å². The van der Waals surface area contributed by atoms with Crippen molar-refractivity contribution in [3.8, 4) is 0 Å². The van der Waals surface area contributed by atoms with Gasteiger partial charge in [-0.2, -0.15) is 0 Å². The fraction of sp³-hybridized carbons (Fsp3) is 0.400. The molecule has 1 unspecified atom stereocenters. The predicted octanol–water partition coefficient (Wildman–Crippen LogP) is 2.55. The summed E-state index contributed by atoms with van der Waals surface area (Å²) in [6, 6.07) is 5.96. The summed E-state index contributed by atoms with van der Waals surface area (Å²) in [7, 11) is 1.72. The molecule has 0 saturated carbocycles. The molecule has 0 bridgehead atoms. The third kappa shape index (κ3) is 2.20. The topological polar surface area (TPSA) is 21.3 Å². The van der Waals surface area contributed by atoms with Crippen molar-refractivity contribution in [2.75, 3.05) is 13.7 Å². The standard InChI is InChI=1S/C10H12ClNO.ClH/c1-13-10-6-12-5-7-2-3-8(11)4-9(7)10;/h2-4,10,12H,5-6H2,1H3;1H. The third-order valence-corrected chi connectivity index (χ3v) is 2.62. The molecule has 0 fully saturated rings. The molecule has 1 N–H and O–H groups in total. The van der Waals surface area contributed by atoms with E-state index in [0.29, 0.717) is 0 Å². The number of halogens is 2. The lowest BCUT2D eigenvalue weighted by Gasteiger charge is -2.25. The number of hydrogen-bond donors (Lipinski definition) is 1. The van der Waals surface area contributed by atoms with E-state index in [1.807, 2.05) is 12.1 Å². The second-order valence-corrected chi connectivity index (χ2v) is 3.63. The third-order valence-electron chi connectivity index (χ3n) is 2.38. The van der Waals surface area contributed by atoms with Crippen LogP contribution >= 0.6 is 24.0 Å². The van der Waals surface area contributed by atoms with Crippen LogP contribution in [0.4, 0.5) is 0 Å². The zero-order valence-electron chi connectivity index (χ0n) is 7.92. The maximum absolute atomic E-state index is 5.92. The number of nitrogens with one attached hydrogen (secondary N) is 1.